The Hall–Kier alpha value is -2.00. The molecule has 0 spiro atoms. The molecule has 0 fully saturated rings. The van der Waals surface area contributed by atoms with E-state index in [0.29, 0.717) is 25.7 Å². The van der Waals surface area contributed by atoms with Crippen molar-refractivity contribution >= 4 is 0 Å². The SMILES string of the molecule is NCc1cccc(OCC2COc3ccccc32)c1. The summed E-state index contributed by atoms with van der Waals surface area (Å²) in [7, 11) is 0. The minimum atomic E-state index is 0.303. The van der Waals surface area contributed by atoms with Gasteiger partial charge in [0, 0.05) is 12.1 Å². The third kappa shape index (κ3) is 2.56. The van der Waals surface area contributed by atoms with Crippen molar-refractivity contribution in [3.05, 3.63) is 59.7 Å². The predicted molar refractivity (Wildman–Crippen MR) is 74.5 cm³/mol. The molecule has 2 aromatic rings. The van der Waals surface area contributed by atoms with Crippen molar-refractivity contribution in [3.63, 3.8) is 0 Å². The molecular formula is C16H17NO2. The molecule has 2 aromatic carbocycles. The highest BCUT2D eigenvalue weighted by Gasteiger charge is 2.24. The largest absolute Gasteiger partial charge is 0.493 e. The lowest BCUT2D eigenvalue weighted by Crippen LogP contribution is -2.11. The number of nitrogens with two attached hydrogens (primary N) is 1. The molecule has 1 heterocycles. The molecule has 3 nitrogen and oxygen atoms in total. The Kier molecular flexibility index (Phi) is 3.38. The van der Waals surface area contributed by atoms with Crippen molar-refractivity contribution in [2.45, 2.75) is 12.5 Å². The van der Waals surface area contributed by atoms with E-state index in [1.54, 1.807) is 0 Å². The highest BCUT2D eigenvalue weighted by atomic mass is 16.5. The Balaban J connectivity index is 1.67. The first-order valence-corrected chi connectivity index (χ1v) is 6.50. The Labute approximate surface area is 113 Å². The van der Waals surface area contributed by atoms with Crippen LogP contribution < -0.4 is 15.2 Å². The zero-order valence-corrected chi connectivity index (χ0v) is 10.7. The Morgan fingerprint density at radius 1 is 1.16 bits per heavy atom. The fourth-order valence-corrected chi connectivity index (χ4v) is 2.33. The molecular weight excluding hydrogens is 238 g/mol. The molecule has 0 aromatic heterocycles. The molecule has 3 rings (SSSR count). The maximum Gasteiger partial charge on any atom is 0.123 e. The van der Waals surface area contributed by atoms with Gasteiger partial charge in [-0.2, -0.15) is 0 Å². The lowest BCUT2D eigenvalue weighted by atomic mass is 10.0. The van der Waals surface area contributed by atoms with Crippen LogP contribution in [0.3, 0.4) is 0 Å². The second-order valence-electron chi connectivity index (χ2n) is 4.71. The summed E-state index contributed by atoms with van der Waals surface area (Å²) in [4.78, 5) is 0. The maximum atomic E-state index is 5.85. The number of rotatable bonds is 4. The molecule has 3 heteroatoms. The topological polar surface area (TPSA) is 44.5 Å². The smallest absolute Gasteiger partial charge is 0.123 e. The van der Waals surface area contributed by atoms with Gasteiger partial charge in [0.2, 0.25) is 0 Å². The summed E-state index contributed by atoms with van der Waals surface area (Å²) in [6, 6.07) is 16.1. The highest BCUT2D eigenvalue weighted by Crippen LogP contribution is 2.33. The molecule has 1 aliphatic rings. The van der Waals surface area contributed by atoms with Crippen molar-refractivity contribution < 1.29 is 9.47 Å². The van der Waals surface area contributed by atoms with E-state index in [9.17, 15) is 0 Å². The van der Waals surface area contributed by atoms with Crippen LogP contribution in [0.5, 0.6) is 11.5 Å². The van der Waals surface area contributed by atoms with Gasteiger partial charge in [-0.15, -0.1) is 0 Å². The van der Waals surface area contributed by atoms with Crippen LogP contribution in [-0.2, 0) is 6.54 Å². The first-order valence-electron chi connectivity index (χ1n) is 6.50. The average molecular weight is 255 g/mol. The van der Waals surface area contributed by atoms with Crippen LogP contribution in [0.2, 0.25) is 0 Å². The van der Waals surface area contributed by atoms with Gasteiger partial charge in [-0.25, -0.2) is 0 Å². The van der Waals surface area contributed by atoms with E-state index in [2.05, 4.69) is 6.07 Å². The first-order chi connectivity index (χ1) is 9.36. The van der Waals surface area contributed by atoms with Gasteiger partial charge in [-0.1, -0.05) is 30.3 Å². The van der Waals surface area contributed by atoms with Gasteiger partial charge in [0.25, 0.3) is 0 Å². The standard InChI is InChI=1S/C16H17NO2/c17-9-12-4-3-5-14(8-12)18-10-13-11-19-16-7-2-1-6-15(13)16/h1-8,13H,9-11,17H2. The molecule has 1 unspecified atom stereocenters. The molecule has 19 heavy (non-hydrogen) atoms. The van der Waals surface area contributed by atoms with Crippen molar-refractivity contribution in [1.82, 2.24) is 0 Å². The quantitative estimate of drug-likeness (QED) is 0.913. The minimum absolute atomic E-state index is 0.303. The van der Waals surface area contributed by atoms with Crippen LogP contribution in [0, 0.1) is 0 Å². The predicted octanol–water partition coefficient (Wildman–Crippen LogP) is 2.70. The molecule has 0 amide bonds. The Morgan fingerprint density at radius 3 is 2.95 bits per heavy atom. The van der Waals surface area contributed by atoms with Crippen LogP contribution in [0.1, 0.15) is 17.0 Å². The van der Waals surface area contributed by atoms with Crippen molar-refractivity contribution in [1.29, 1.82) is 0 Å². The van der Waals surface area contributed by atoms with E-state index < -0.39 is 0 Å². The average Bonchev–Trinajstić information content (AvgIpc) is 2.89. The van der Waals surface area contributed by atoms with Gasteiger partial charge in [-0.05, 0) is 23.8 Å². The summed E-state index contributed by atoms with van der Waals surface area (Å²) in [5, 5.41) is 0. The molecule has 0 radical (unpaired) electrons. The zero-order valence-electron chi connectivity index (χ0n) is 10.7. The fourth-order valence-electron chi connectivity index (χ4n) is 2.33. The summed E-state index contributed by atoms with van der Waals surface area (Å²) in [6.45, 7) is 1.85. The number of hydrogen-bond acceptors (Lipinski definition) is 3. The minimum Gasteiger partial charge on any atom is -0.493 e. The fraction of sp³-hybridized carbons (Fsp3) is 0.250. The van der Waals surface area contributed by atoms with Gasteiger partial charge in [0.05, 0.1) is 19.1 Å². The molecule has 0 saturated heterocycles. The zero-order chi connectivity index (χ0) is 13.1. The Morgan fingerprint density at radius 2 is 2.05 bits per heavy atom. The van der Waals surface area contributed by atoms with Crippen LogP contribution in [-0.4, -0.2) is 13.2 Å². The van der Waals surface area contributed by atoms with Crippen molar-refractivity contribution in [2.75, 3.05) is 13.2 Å². The monoisotopic (exact) mass is 255 g/mol. The summed E-state index contributed by atoms with van der Waals surface area (Å²) >= 11 is 0. The van der Waals surface area contributed by atoms with Gasteiger partial charge in [-0.3, -0.25) is 0 Å². The number of fused-ring (bicyclic) bond motifs is 1. The van der Waals surface area contributed by atoms with Gasteiger partial charge in [0.1, 0.15) is 11.5 Å². The summed E-state index contributed by atoms with van der Waals surface area (Å²) in [5.74, 6) is 2.15. The Bertz CT molecular complexity index is 568. The van der Waals surface area contributed by atoms with E-state index in [1.165, 1.54) is 5.56 Å². The third-order valence-electron chi connectivity index (χ3n) is 3.38. The van der Waals surface area contributed by atoms with Crippen molar-refractivity contribution in [3.8, 4) is 11.5 Å². The van der Waals surface area contributed by atoms with Crippen LogP contribution in [0.4, 0.5) is 0 Å². The van der Waals surface area contributed by atoms with E-state index in [4.69, 9.17) is 15.2 Å². The third-order valence-corrected chi connectivity index (χ3v) is 3.38. The van der Waals surface area contributed by atoms with E-state index in [-0.39, 0.29) is 0 Å². The van der Waals surface area contributed by atoms with Crippen LogP contribution in [0.25, 0.3) is 0 Å². The second kappa shape index (κ2) is 5.33. The normalized spacial score (nSPS) is 16.8. The van der Waals surface area contributed by atoms with Crippen LogP contribution >= 0.6 is 0 Å². The van der Waals surface area contributed by atoms with Crippen molar-refractivity contribution in [2.24, 2.45) is 5.73 Å². The number of para-hydroxylation sites is 1. The summed E-state index contributed by atoms with van der Waals surface area (Å²) in [5.41, 5.74) is 7.94. The molecule has 2 N–H and O–H groups in total. The first kappa shape index (κ1) is 12.1. The van der Waals surface area contributed by atoms with Gasteiger partial charge in [0.15, 0.2) is 0 Å². The molecule has 1 atom stereocenters. The number of hydrogen-bond donors (Lipinski definition) is 1. The van der Waals surface area contributed by atoms with E-state index in [0.717, 1.165) is 17.1 Å². The second-order valence-corrected chi connectivity index (χ2v) is 4.71. The summed E-state index contributed by atoms with van der Waals surface area (Å²) in [6.07, 6.45) is 0. The highest BCUT2D eigenvalue weighted by molar-refractivity contribution is 5.40. The van der Waals surface area contributed by atoms with Gasteiger partial charge < -0.3 is 15.2 Å². The molecule has 0 bridgehead atoms. The van der Waals surface area contributed by atoms with Crippen LogP contribution in [0.15, 0.2) is 48.5 Å². The molecule has 98 valence electrons. The lowest BCUT2D eigenvalue weighted by Gasteiger charge is -2.11. The lowest BCUT2D eigenvalue weighted by molar-refractivity contribution is 0.248. The number of benzene rings is 2. The molecule has 0 aliphatic carbocycles. The number of ether oxygens (including phenoxy) is 2. The van der Waals surface area contributed by atoms with Gasteiger partial charge >= 0.3 is 0 Å². The molecule has 0 saturated carbocycles. The molecule has 1 aliphatic heterocycles. The summed E-state index contributed by atoms with van der Waals surface area (Å²) < 4.78 is 11.5. The van der Waals surface area contributed by atoms with E-state index >= 15 is 0 Å². The van der Waals surface area contributed by atoms with E-state index in [1.807, 2.05) is 42.5 Å². The maximum absolute atomic E-state index is 5.85.